The Bertz CT molecular complexity index is 638. The minimum Gasteiger partial charge on any atom is -0.469 e. The molecule has 0 N–H and O–H groups in total. The average Bonchev–Trinajstić information content (AvgIpc) is 2.49. The van der Waals surface area contributed by atoms with Crippen molar-refractivity contribution in [2.45, 2.75) is 32.6 Å². The van der Waals surface area contributed by atoms with Crippen LogP contribution in [0.15, 0.2) is 12.1 Å². The van der Waals surface area contributed by atoms with Gasteiger partial charge in [0.15, 0.2) is 11.5 Å². The SMILES string of the molecule is COC(=O)CCC(=O)c1cc2c(cc1C)ON(C)C(=O)C2C. The lowest BCUT2D eigenvalue weighted by molar-refractivity contribution is -0.157. The zero-order chi connectivity index (χ0) is 16.4. The summed E-state index contributed by atoms with van der Waals surface area (Å²) in [4.78, 5) is 40.8. The molecule has 6 heteroatoms. The normalized spacial score (nSPS) is 16.8. The molecule has 6 nitrogen and oxygen atoms in total. The number of fused-ring (bicyclic) bond motifs is 1. The van der Waals surface area contributed by atoms with E-state index in [1.54, 1.807) is 33.0 Å². The van der Waals surface area contributed by atoms with Crippen molar-refractivity contribution in [1.82, 2.24) is 5.06 Å². The van der Waals surface area contributed by atoms with E-state index in [0.717, 1.165) is 5.56 Å². The van der Waals surface area contributed by atoms with Gasteiger partial charge in [0.05, 0.1) is 19.4 Å². The number of amides is 1. The first kappa shape index (κ1) is 16.0. The van der Waals surface area contributed by atoms with Gasteiger partial charge in [-0.3, -0.25) is 14.4 Å². The van der Waals surface area contributed by atoms with Crippen LogP contribution in [-0.4, -0.2) is 36.9 Å². The van der Waals surface area contributed by atoms with Crippen molar-refractivity contribution in [2.24, 2.45) is 0 Å². The molecule has 2 rings (SSSR count). The Balaban J connectivity index is 2.29. The van der Waals surface area contributed by atoms with E-state index >= 15 is 0 Å². The van der Waals surface area contributed by atoms with Crippen LogP contribution in [0.3, 0.4) is 0 Å². The molecular weight excluding hydrogens is 286 g/mol. The fourth-order valence-corrected chi connectivity index (χ4v) is 2.47. The number of aryl methyl sites for hydroxylation is 1. The molecule has 0 spiro atoms. The first-order chi connectivity index (χ1) is 10.3. The van der Waals surface area contributed by atoms with Gasteiger partial charge < -0.3 is 9.57 Å². The van der Waals surface area contributed by atoms with Crippen LogP contribution in [0.1, 0.15) is 47.2 Å². The van der Waals surface area contributed by atoms with Crippen molar-refractivity contribution < 1.29 is 24.0 Å². The Morgan fingerprint density at radius 1 is 1.32 bits per heavy atom. The Hall–Kier alpha value is -2.37. The third-order valence-corrected chi connectivity index (χ3v) is 3.82. The maximum atomic E-state index is 12.3. The maximum absolute atomic E-state index is 12.3. The number of Topliss-reactive ketones (excluding diaryl/α,β-unsaturated/α-hetero) is 1. The highest BCUT2D eigenvalue weighted by Crippen LogP contribution is 2.35. The molecule has 1 aromatic rings. The number of hydrogen-bond acceptors (Lipinski definition) is 5. The van der Waals surface area contributed by atoms with Gasteiger partial charge in [0.25, 0.3) is 5.91 Å². The number of methoxy groups -OCH3 is 1. The molecule has 22 heavy (non-hydrogen) atoms. The molecule has 0 fully saturated rings. The molecular formula is C16H19NO5. The summed E-state index contributed by atoms with van der Waals surface area (Å²) in [5, 5.41) is 1.20. The zero-order valence-electron chi connectivity index (χ0n) is 13.1. The van der Waals surface area contributed by atoms with Crippen molar-refractivity contribution in [3.05, 3.63) is 28.8 Å². The van der Waals surface area contributed by atoms with Crippen molar-refractivity contribution in [1.29, 1.82) is 0 Å². The van der Waals surface area contributed by atoms with Crippen LogP contribution in [0.4, 0.5) is 0 Å². The number of nitrogens with zero attached hydrogens (tertiary/aromatic N) is 1. The summed E-state index contributed by atoms with van der Waals surface area (Å²) in [6.07, 6.45) is 0.120. The van der Waals surface area contributed by atoms with Gasteiger partial charge in [0.2, 0.25) is 0 Å². The largest absolute Gasteiger partial charge is 0.469 e. The third kappa shape index (κ3) is 2.95. The van der Waals surface area contributed by atoms with Crippen LogP contribution in [0.2, 0.25) is 0 Å². The number of benzene rings is 1. The predicted molar refractivity (Wildman–Crippen MR) is 78.6 cm³/mol. The number of hydrogen-bond donors (Lipinski definition) is 0. The Morgan fingerprint density at radius 2 is 2.00 bits per heavy atom. The molecule has 1 aliphatic heterocycles. The quantitative estimate of drug-likeness (QED) is 0.628. The Kier molecular flexibility index (Phi) is 4.49. The van der Waals surface area contributed by atoms with Crippen LogP contribution >= 0.6 is 0 Å². The smallest absolute Gasteiger partial charge is 0.305 e. The molecule has 118 valence electrons. The summed E-state index contributed by atoms with van der Waals surface area (Å²) >= 11 is 0. The molecule has 1 aromatic carbocycles. The summed E-state index contributed by atoms with van der Waals surface area (Å²) in [5.74, 6) is -0.524. The number of likely N-dealkylation sites (N-methyl/N-ethyl adjacent to an activating group) is 1. The van der Waals surface area contributed by atoms with E-state index in [1.165, 1.54) is 12.2 Å². The van der Waals surface area contributed by atoms with Gasteiger partial charge in [-0.1, -0.05) is 0 Å². The minimum atomic E-state index is -0.419. The second-order valence-electron chi connectivity index (χ2n) is 5.35. The summed E-state index contributed by atoms with van der Waals surface area (Å²) < 4.78 is 4.54. The van der Waals surface area contributed by atoms with Crippen molar-refractivity contribution in [3.8, 4) is 5.75 Å². The van der Waals surface area contributed by atoms with E-state index in [0.29, 0.717) is 16.9 Å². The number of ether oxygens (including phenoxy) is 1. The third-order valence-electron chi connectivity index (χ3n) is 3.82. The van der Waals surface area contributed by atoms with Gasteiger partial charge in [0, 0.05) is 24.6 Å². The van der Waals surface area contributed by atoms with Gasteiger partial charge in [-0.15, -0.1) is 0 Å². The van der Waals surface area contributed by atoms with E-state index in [-0.39, 0.29) is 30.4 Å². The van der Waals surface area contributed by atoms with E-state index in [9.17, 15) is 14.4 Å². The molecule has 0 saturated carbocycles. The van der Waals surface area contributed by atoms with Crippen LogP contribution < -0.4 is 4.84 Å². The molecule has 1 aliphatic rings. The summed E-state index contributed by atoms with van der Waals surface area (Å²) in [5.41, 5.74) is 1.95. The molecule has 0 aromatic heterocycles. The first-order valence-corrected chi connectivity index (χ1v) is 7.05. The number of rotatable bonds is 4. The molecule has 1 amide bonds. The van der Waals surface area contributed by atoms with E-state index in [2.05, 4.69) is 4.74 Å². The summed E-state index contributed by atoms with van der Waals surface area (Å²) in [6.45, 7) is 3.58. The molecule has 1 heterocycles. The topological polar surface area (TPSA) is 72.9 Å². The lowest BCUT2D eigenvalue weighted by Gasteiger charge is -2.29. The molecule has 0 aliphatic carbocycles. The predicted octanol–water partition coefficient (Wildman–Crippen LogP) is 2.00. The van der Waals surface area contributed by atoms with Gasteiger partial charge >= 0.3 is 5.97 Å². The monoisotopic (exact) mass is 305 g/mol. The highest BCUT2D eigenvalue weighted by molar-refractivity contribution is 5.99. The second-order valence-corrected chi connectivity index (χ2v) is 5.35. The highest BCUT2D eigenvalue weighted by atomic mass is 16.7. The van der Waals surface area contributed by atoms with Gasteiger partial charge in [-0.05, 0) is 31.5 Å². The number of hydroxylamine groups is 2. The standard InChI is InChI=1S/C16H19NO5/c1-9-7-14-12(10(2)16(20)17(3)22-14)8-11(9)13(18)5-6-15(19)21-4/h7-8,10H,5-6H2,1-4H3. The highest BCUT2D eigenvalue weighted by Gasteiger charge is 2.31. The first-order valence-electron chi connectivity index (χ1n) is 7.05. The van der Waals surface area contributed by atoms with Crippen LogP contribution in [0.5, 0.6) is 5.75 Å². The second kappa shape index (κ2) is 6.17. The summed E-state index contributed by atoms with van der Waals surface area (Å²) in [7, 11) is 2.85. The van der Waals surface area contributed by atoms with Crippen molar-refractivity contribution in [3.63, 3.8) is 0 Å². The molecule has 0 radical (unpaired) electrons. The fraction of sp³-hybridized carbons (Fsp3) is 0.438. The van der Waals surface area contributed by atoms with Crippen LogP contribution in [0, 0.1) is 6.92 Å². The van der Waals surface area contributed by atoms with Crippen molar-refractivity contribution in [2.75, 3.05) is 14.2 Å². The fourth-order valence-electron chi connectivity index (χ4n) is 2.47. The molecule has 1 atom stereocenters. The lowest BCUT2D eigenvalue weighted by atomic mass is 9.91. The maximum Gasteiger partial charge on any atom is 0.305 e. The van der Waals surface area contributed by atoms with Crippen LogP contribution in [-0.2, 0) is 14.3 Å². The summed E-state index contributed by atoms with van der Waals surface area (Å²) in [6, 6.07) is 3.44. The number of ketones is 1. The number of carbonyl (C=O) groups is 3. The van der Waals surface area contributed by atoms with E-state index in [1.807, 2.05) is 0 Å². The molecule has 0 bridgehead atoms. The Morgan fingerprint density at radius 3 is 2.64 bits per heavy atom. The lowest BCUT2D eigenvalue weighted by Crippen LogP contribution is -2.38. The average molecular weight is 305 g/mol. The number of esters is 1. The van der Waals surface area contributed by atoms with Gasteiger partial charge in [-0.2, -0.15) is 5.06 Å². The van der Waals surface area contributed by atoms with Gasteiger partial charge in [-0.25, -0.2) is 0 Å². The molecule has 1 unspecified atom stereocenters. The van der Waals surface area contributed by atoms with Crippen LogP contribution in [0.25, 0.3) is 0 Å². The molecule has 0 saturated heterocycles. The minimum absolute atomic E-state index is 0.0413. The van der Waals surface area contributed by atoms with E-state index in [4.69, 9.17) is 4.84 Å². The number of carbonyl (C=O) groups excluding carboxylic acids is 3. The van der Waals surface area contributed by atoms with Gasteiger partial charge in [0.1, 0.15) is 0 Å². The van der Waals surface area contributed by atoms with E-state index < -0.39 is 5.97 Å². The Labute approximate surface area is 129 Å². The van der Waals surface area contributed by atoms with Crippen molar-refractivity contribution >= 4 is 17.7 Å². The zero-order valence-corrected chi connectivity index (χ0v) is 13.1.